The molecule has 292 valence electrons. The number of hydrogen-bond acceptors (Lipinski definition) is 3. The van der Waals surface area contributed by atoms with Crippen molar-refractivity contribution in [1.82, 2.24) is 0 Å². The van der Waals surface area contributed by atoms with Crippen molar-refractivity contribution in [2.24, 2.45) is 0 Å². The average Bonchev–Trinajstić information content (AvgIpc) is 4.03. The Morgan fingerprint density at radius 1 is 0.302 bits per heavy atom. The molecule has 11 aromatic carbocycles. The Bertz CT molecular complexity index is 4150. The van der Waals surface area contributed by atoms with Crippen LogP contribution in [-0.4, -0.2) is 0 Å². The average molecular weight is 835 g/mol. The maximum Gasteiger partial charge on any atom is 0.136 e. The largest absolute Gasteiger partial charge is 0.456 e. The summed E-state index contributed by atoms with van der Waals surface area (Å²) < 4.78 is 10.4. The van der Waals surface area contributed by atoms with Crippen LogP contribution in [0, 0.1) is 0 Å². The lowest BCUT2D eigenvalue weighted by Gasteiger charge is -2.18. The second kappa shape index (κ2) is 13.5. The van der Waals surface area contributed by atoms with Crippen LogP contribution in [0.5, 0.6) is 0 Å². The lowest BCUT2D eigenvalue weighted by atomic mass is 9.85. The third-order valence-corrected chi connectivity index (χ3v) is 15.6. The van der Waals surface area contributed by atoms with E-state index < -0.39 is 0 Å². The smallest absolute Gasteiger partial charge is 0.136 e. The SMILES string of the molecule is c1ccc(-c2c(-c3ccc4ccccc4c3)sc3cc(-c4c5ccccc5c(-c5ccc6oc7cc8ccccc8cc7c6c5)c5ccccc45)c4sc5ccccc5c4c23)cc1. The van der Waals surface area contributed by atoms with Crippen LogP contribution in [0.1, 0.15) is 0 Å². The number of benzene rings is 11. The minimum atomic E-state index is 0.906. The predicted octanol–water partition coefficient (Wildman–Crippen LogP) is 18.4. The summed E-state index contributed by atoms with van der Waals surface area (Å²) >= 11 is 3.85. The highest BCUT2D eigenvalue weighted by Gasteiger charge is 2.26. The first kappa shape index (κ1) is 35.1. The Balaban J connectivity index is 1.09. The van der Waals surface area contributed by atoms with E-state index in [-0.39, 0.29) is 0 Å². The summed E-state index contributed by atoms with van der Waals surface area (Å²) in [5.74, 6) is 0. The van der Waals surface area contributed by atoms with Gasteiger partial charge >= 0.3 is 0 Å². The fourth-order valence-electron chi connectivity index (χ4n) is 10.4. The van der Waals surface area contributed by atoms with Gasteiger partial charge in [0.1, 0.15) is 11.2 Å². The molecule has 14 rings (SSSR count). The summed E-state index contributed by atoms with van der Waals surface area (Å²) in [7, 11) is 0. The Labute approximate surface area is 370 Å². The quantitative estimate of drug-likeness (QED) is 0.161. The molecule has 14 aromatic rings. The van der Waals surface area contributed by atoms with E-state index in [9.17, 15) is 0 Å². The summed E-state index contributed by atoms with van der Waals surface area (Å²) in [6, 6.07) is 76.1. The molecule has 0 atom stereocenters. The standard InChI is InChI=1S/C60H34OS2/c1-2-15-36(16-3-1)55-58-53(63-59(55)41-27-26-35-14-4-5-17-37(35)30-41)34-49(60-57(58)46-24-12-13-25-52(46)62-60)56-44-22-10-8-20-42(44)54(43-21-9-11-23-45(43)56)40-28-29-50-47(32-40)48-31-38-18-6-7-19-39(38)33-51(48)61-50/h1-34H. The van der Waals surface area contributed by atoms with Gasteiger partial charge in [0.2, 0.25) is 0 Å². The van der Waals surface area contributed by atoms with Gasteiger partial charge in [-0.25, -0.2) is 0 Å². The minimum absolute atomic E-state index is 0.906. The normalized spacial score (nSPS) is 12.1. The predicted molar refractivity (Wildman–Crippen MR) is 274 cm³/mol. The van der Waals surface area contributed by atoms with E-state index in [1.807, 2.05) is 22.7 Å². The molecule has 0 bridgehead atoms. The van der Waals surface area contributed by atoms with Gasteiger partial charge in [-0.15, -0.1) is 22.7 Å². The summed E-state index contributed by atoms with van der Waals surface area (Å²) in [5, 5.41) is 16.2. The zero-order valence-electron chi connectivity index (χ0n) is 33.9. The van der Waals surface area contributed by atoms with E-state index in [0.717, 1.165) is 21.9 Å². The molecule has 1 nitrogen and oxygen atoms in total. The molecule has 3 aromatic heterocycles. The van der Waals surface area contributed by atoms with Gasteiger partial charge < -0.3 is 4.42 Å². The molecular weight excluding hydrogens is 801 g/mol. The Morgan fingerprint density at radius 3 is 1.63 bits per heavy atom. The molecule has 0 aliphatic carbocycles. The molecule has 0 aliphatic heterocycles. The molecule has 0 unspecified atom stereocenters. The first-order valence-corrected chi connectivity index (χ1v) is 23.1. The molecule has 0 radical (unpaired) electrons. The van der Waals surface area contributed by atoms with Gasteiger partial charge in [0.15, 0.2) is 0 Å². The third kappa shape index (κ3) is 5.21. The van der Waals surface area contributed by atoms with E-state index in [0.29, 0.717) is 0 Å². The zero-order valence-corrected chi connectivity index (χ0v) is 35.5. The van der Waals surface area contributed by atoms with Crippen LogP contribution in [0.4, 0.5) is 0 Å². The van der Waals surface area contributed by atoms with E-state index in [1.165, 1.54) is 117 Å². The molecule has 0 amide bonds. The molecular formula is C60H34OS2. The highest BCUT2D eigenvalue weighted by molar-refractivity contribution is 7.27. The van der Waals surface area contributed by atoms with Crippen molar-refractivity contribution in [3.05, 3.63) is 206 Å². The first-order valence-electron chi connectivity index (χ1n) is 21.5. The van der Waals surface area contributed by atoms with Crippen LogP contribution < -0.4 is 0 Å². The highest BCUT2D eigenvalue weighted by atomic mass is 32.1. The van der Waals surface area contributed by atoms with Crippen molar-refractivity contribution < 1.29 is 4.42 Å². The maximum atomic E-state index is 6.49. The highest BCUT2D eigenvalue weighted by Crippen LogP contribution is 2.55. The summed E-state index contributed by atoms with van der Waals surface area (Å²) in [5.41, 5.74) is 10.6. The van der Waals surface area contributed by atoms with Crippen molar-refractivity contribution in [3.63, 3.8) is 0 Å². The van der Waals surface area contributed by atoms with Crippen molar-refractivity contribution >= 4 is 118 Å². The van der Waals surface area contributed by atoms with Gasteiger partial charge in [0.05, 0.1) is 0 Å². The number of thiophene rings is 2. The molecule has 0 spiro atoms. The number of hydrogen-bond donors (Lipinski definition) is 0. The molecule has 0 aliphatic rings. The van der Waals surface area contributed by atoms with Crippen molar-refractivity contribution in [3.8, 4) is 43.8 Å². The van der Waals surface area contributed by atoms with Crippen molar-refractivity contribution in [2.45, 2.75) is 0 Å². The molecule has 0 fully saturated rings. The van der Waals surface area contributed by atoms with E-state index >= 15 is 0 Å². The van der Waals surface area contributed by atoms with E-state index in [1.54, 1.807) is 0 Å². The number of fused-ring (bicyclic) bond motifs is 12. The Kier molecular flexibility index (Phi) is 7.50. The lowest BCUT2D eigenvalue weighted by molar-refractivity contribution is 0.669. The van der Waals surface area contributed by atoms with Crippen LogP contribution >= 0.6 is 22.7 Å². The second-order valence-electron chi connectivity index (χ2n) is 16.7. The van der Waals surface area contributed by atoms with Gasteiger partial charge in [-0.1, -0.05) is 164 Å². The Morgan fingerprint density at radius 2 is 0.889 bits per heavy atom. The van der Waals surface area contributed by atoms with Crippen LogP contribution in [0.3, 0.4) is 0 Å². The second-order valence-corrected chi connectivity index (χ2v) is 18.8. The molecule has 3 heterocycles. The summed E-state index contributed by atoms with van der Waals surface area (Å²) in [4.78, 5) is 1.30. The summed E-state index contributed by atoms with van der Waals surface area (Å²) in [6.07, 6.45) is 0. The first-order chi connectivity index (χ1) is 31.2. The molecule has 0 saturated heterocycles. The van der Waals surface area contributed by atoms with Gasteiger partial charge in [0.25, 0.3) is 0 Å². The number of furan rings is 1. The van der Waals surface area contributed by atoms with E-state index in [2.05, 4.69) is 206 Å². The van der Waals surface area contributed by atoms with E-state index in [4.69, 9.17) is 4.42 Å². The van der Waals surface area contributed by atoms with Crippen LogP contribution in [-0.2, 0) is 0 Å². The minimum Gasteiger partial charge on any atom is -0.456 e. The lowest BCUT2D eigenvalue weighted by Crippen LogP contribution is -1.91. The van der Waals surface area contributed by atoms with Gasteiger partial charge in [0, 0.05) is 57.0 Å². The fraction of sp³-hybridized carbons (Fsp3) is 0. The van der Waals surface area contributed by atoms with Gasteiger partial charge in [-0.3, -0.25) is 0 Å². The molecule has 0 N–H and O–H groups in total. The molecule has 63 heavy (non-hydrogen) atoms. The maximum absolute atomic E-state index is 6.49. The summed E-state index contributed by atoms with van der Waals surface area (Å²) in [6.45, 7) is 0. The van der Waals surface area contributed by atoms with Crippen LogP contribution in [0.15, 0.2) is 211 Å². The molecule has 0 saturated carbocycles. The topological polar surface area (TPSA) is 13.1 Å². The van der Waals surface area contributed by atoms with Gasteiger partial charge in [-0.2, -0.15) is 0 Å². The monoisotopic (exact) mass is 834 g/mol. The van der Waals surface area contributed by atoms with Crippen LogP contribution in [0.25, 0.3) is 139 Å². The molecule has 3 heteroatoms. The van der Waals surface area contributed by atoms with Gasteiger partial charge in [-0.05, 0) is 113 Å². The Hall–Kier alpha value is -7.56. The number of rotatable bonds is 4. The van der Waals surface area contributed by atoms with Crippen molar-refractivity contribution in [2.75, 3.05) is 0 Å². The van der Waals surface area contributed by atoms with Crippen LogP contribution in [0.2, 0.25) is 0 Å². The third-order valence-electron chi connectivity index (χ3n) is 13.2. The fourth-order valence-corrected chi connectivity index (χ4v) is 12.9. The van der Waals surface area contributed by atoms with Crippen molar-refractivity contribution in [1.29, 1.82) is 0 Å². The zero-order chi connectivity index (χ0) is 41.2.